The maximum atomic E-state index is 13.5. The standard InChI is InChI=1S/C23H20F3N5OS/c24-23(25,26)22-29-18(17-8-11-33-14-17)12-20(30-22)31-10-1-2-19(31)21(32)28-9-7-15-3-5-16(13-27)6-4-15/h3-6,8,11-12,14,19H,1-2,7,9-10H2,(H,28,32)/t19-/m0/s1. The van der Waals surface area contributed by atoms with Crippen LogP contribution >= 0.6 is 11.3 Å². The number of alkyl halides is 3. The van der Waals surface area contributed by atoms with Crippen molar-refractivity contribution in [3.63, 3.8) is 0 Å². The number of aromatic nitrogens is 2. The van der Waals surface area contributed by atoms with E-state index >= 15 is 0 Å². The number of hydrogen-bond donors (Lipinski definition) is 1. The van der Waals surface area contributed by atoms with Crippen molar-refractivity contribution in [1.29, 1.82) is 5.26 Å². The Morgan fingerprint density at radius 1 is 1.24 bits per heavy atom. The van der Waals surface area contributed by atoms with Gasteiger partial charge in [0.1, 0.15) is 11.9 Å². The fraction of sp³-hybridized carbons (Fsp3) is 0.304. The normalized spacial score (nSPS) is 15.9. The second kappa shape index (κ2) is 9.58. The average molecular weight is 472 g/mol. The fourth-order valence-electron chi connectivity index (χ4n) is 3.77. The topological polar surface area (TPSA) is 81.9 Å². The van der Waals surface area contributed by atoms with Crippen LogP contribution in [0.2, 0.25) is 0 Å². The summed E-state index contributed by atoms with van der Waals surface area (Å²) in [6, 6.07) is 11.8. The molecule has 1 saturated heterocycles. The van der Waals surface area contributed by atoms with Crippen LogP contribution in [0, 0.1) is 11.3 Å². The second-order valence-corrected chi connectivity index (χ2v) is 8.43. The Morgan fingerprint density at radius 3 is 2.70 bits per heavy atom. The van der Waals surface area contributed by atoms with Crippen LogP contribution in [0.25, 0.3) is 11.3 Å². The number of thiophene rings is 1. The van der Waals surface area contributed by atoms with Crippen LogP contribution in [0.4, 0.5) is 19.0 Å². The van der Waals surface area contributed by atoms with Crippen LogP contribution in [0.15, 0.2) is 47.2 Å². The molecule has 0 spiro atoms. The molecule has 0 unspecified atom stereocenters. The Labute approximate surface area is 192 Å². The first kappa shape index (κ1) is 22.7. The number of anilines is 1. The zero-order valence-corrected chi connectivity index (χ0v) is 18.3. The number of carbonyl (C=O) groups is 1. The number of benzene rings is 1. The Hall–Kier alpha value is -3.45. The van der Waals surface area contributed by atoms with Gasteiger partial charge in [-0.15, -0.1) is 0 Å². The summed E-state index contributed by atoms with van der Waals surface area (Å²) in [5.74, 6) is -1.36. The lowest BCUT2D eigenvalue weighted by Crippen LogP contribution is -2.44. The van der Waals surface area contributed by atoms with E-state index in [4.69, 9.17) is 5.26 Å². The Bertz CT molecular complexity index is 1160. The number of hydrogen-bond acceptors (Lipinski definition) is 6. The first-order valence-corrected chi connectivity index (χ1v) is 11.3. The van der Waals surface area contributed by atoms with Crippen molar-refractivity contribution >= 4 is 23.1 Å². The molecular formula is C23H20F3N5OS. The van der Waals surface area contributed by atoms with Crippen molar-refractivity contribution in [3.8, 4) is 17.3 Å². The number of nitrogens with zero attached hydrogens (tertiary/aromatic N) is 4. The third-order valence-corrected chi connectivity index (χ3v) is 6.11. The number of nitrogens with one attached hydrogen (secondary N) is 1. The summed E-state index contributed by atoms with van der Waals surface area (Å²) in [6.07, 6.45) is -2.91. The van der Waals surface area contributed by atoms with Crippen molar-refractivity contribution < 1.29 is 18.0 Å². The summed E-state index contributed by atoms with van der Waals surface area (Å²) in [5, 5.41) is 15.2. The minimum Gasteiger partial charge on any atom is -0.354 e. The van der Waals surface area contributed by atoms with Crippen LogP contribution in [0.1, 0.15) is 29.8 Å². The summed E-state index contributed by atoms with van der Waals surface area (Å²) >= 11 is 1.37. The van der Waals surface area contributed by atoms with Crippen molar-refractivity contribution in [2.45, 2.75) is 31.5 Å². The fourth-order valence-corrected chi connectivity index (χ4v) is 4.42. The van der Waals surface area contributed by atoms with Gasteiger partial charge in [0.2, 0.25) is 11.7 Å². The molecule has 6 nitrogen and oxygen atoms in total. The van der Waals surface area contributed by atoms with Gasteiger partial charge in [-0.1, -0.05) is 12.1 Å². The summed E-state index contributed by atoms with van der Waals surface area (Å²) in [5.41, 5.74) is 2.30. The van der Waals surface area contributed by atoms with Gasteiger partial charge in [0.15, 0.2) is 0 Å². The van der Waals surface area contributed by atoms with E-state index in [1.807, 2.05) is 12.1 Å². The van der Waals surface area contributed by atoms with Crippen molar-refractivity contribution in [2.24, 2.45) is 0 Å². The molecule has 0 aliphatic carbocycles. The minimum atomic E-state index is -4.70. The average Bonchev–Trinajstić information content (AvgIpc) is 3.51. The first-order valence-electron chi connectivity index (χ1n) is 10.4. The molecule has 0 saturated carbocycles. The third kappa shape index (κ3) is 5.31. The van der Waals surface area contributed by atoms with E-state index in [0.29, 0.717) is 43.5 Å². The molecule has 0 radical (unpaired) electrons. The third-order valence-electron chi connectivity index (χ3n) is 5.43. The van der Waals surface area contributed by atoms with Gasteiger partial charge in [-0.2, -0.15) is 29.8 Å². The maximum absolute atomic E-state index is 13.5. The zero-order valence-electron chi connectivity index (χ0n) is 17.5. The van der Waals surface area contributed by atoms with Gasteiger partial charge in [-0.3, -0.25) is 4.79 Å². The molecule has 1 aliphatic heterocycles. The molecule has 3 heterocycles. The van der Waals surface area contributed by atoms with Gasteiger partial charge in [-0.05, 0) is 48.4 Å². The van der Waals surface area contributed by atoms with Crippen LogP contribution in [0.5, 0.6) is 0 Å². The molecule has 0 bridgehead atoms. The molecule has 1 aromatic carbocycles. The molecule has 33 heavy (non-hydrogen) atoms. The molecule has 1 fully saturated rings. The van der Waals surface area contributed by atoms with Crippen molar-refractivity contribution in [3.05, 3.63) is 64.1 Å². The lowest BCUT2D eigenvalue weighted by atomic mass is 10.1. The summed E-state index contributed by atoms with van der Waals surface area (Å²) in [7, 11) is 0. The van der Waals surface area contributed by atoms with E-state index in [-0.39, 0.29) is 17.4 Å². The van der Waals surface area contributed by atoms with E-state index in [0.717, 1.165) is 5.56 Å². The summed E-state index contributed by atoms with van der Waals surface area (Å²) in [4.78, 5) is 22.0. The monoisotopic (exact) mass is 471 g/mol. The zero-order chi connectivity index (χ0) is 23.4. The van der Waals surface area contributed by atoms with Crippen LogP contribution in [-0.4, -0.2) is 35.0 Å². The number of amides is 1. The SMILES string of the molecule is N#Cc1ccc(CCNC(=O)[C@@H]2CCCN2c2cc(-c3ccsc3)nc(C(F)(F)F)n2)cc1. The summed E-state index contributed by atoms with van der Waals surface area (Å²) < 4.78 is 40.4. The highest BCUT2D eigenvalue weighted by Crippen LogP contribution is 2.33. The Kier molecular flexibility index (Phi) is 6.60. The van der Waals surface area contributed by atoms with E-state index in [9.17, 15) is 18.0 Å². The lowest BCUT2D eigenvalue weighted by Gasteiger charge is -2.26. The molecular weight excluding hydrogens is 451 g/mol. The highest BCUT2D eigenvalue weighted by molar-refractivity contribution is 7.08. The highest BCUT2D eigenvalue weighted by atomic mass is 32.1. The Morgan fingerprint density at radius 2 is 2.03 bits per heavy atom. The van der Waals surface area contributed by atoms with Crippen LogP contribution in [0.3, 0.4) is 0 Å². The molecule has 3 aromatic rings. The molecule has 1 amide bonds. The van der Waals surface area contributed by atoms with E-state index in [2.05, 4.69) is 21.4 Å². The predicted molar refractivity (Wildman–Crippen MR) is 119 cm³/mol. The van der Waals surface area contributed by atoms with Crippen LogP contribution in [-0.2, 0) is 17.4 Å². The summed E-state index contributed by atoms with van der Waals surface area (Å²) in [6.45, 7) is 0.817. The van der Waals surface area contributed by atoms with Gasteiger partial charge >= 0.3 is 6.18 Å². The molecule has 170 valence electrons. The smallest absolute Gasteiger partial charge is 0.354 e. The lowest BCUT2D eigenvalue weighted by molar-refractivity contribution is -0.144. The van der Waals surface area contributed by atoms with Gasteiger partial charge in [0, 0.05) is 30.1 Å². The number of halogens is 3. The van der Waals surface area contributed by atoms with Crippen LogP contribution < -0.4 is 10.2 Å². The van der Waals surface area contributed by atoms with Gasteiger partial charge < -0.3 is 10.2 Å². The second-order valence-electron chi connectivity index (χ2n) is 7.65. The van der Waals surface area contributed by atoms with E-state index < -0.39 is 18.0 Å². The van der Waals surface area contributed by atoms with Crippen molar-refractivity contribution in [2.75, 3.05) is 18.0 Å². The highest BCUT2D eigenvalue weighted by Gasteiger charge is 2.38. The van der Waals surface area contributed by atoms with Gasteiger partial charge in [0.05, 0.1) is 17.3 Å². The quantitative estimate of drug-likeness (QED) is 0.576. The maximum Gasteiger partial charge on any atom is 0.451 e. The molecule has 1 N–H and O–H groups in total. The molecule has 10 heteroatoms. The largest absolute Gasteiger partial charge is 0.451 e. The molecule has 1 aliphatic rings. The Balaban J connectivity index is 1.49. The molecule has 1 atom stereocenters. The number of nitriles is 1. The minimum absolute atomic E-state index is 0.100. The van der Waals surface area contributed by atoms with Crippen molar-refractivity contribution in [1.82, 2.24) is 15.3 Å². The van der Waals surface area contributed by atoms with E-state index in [1.54, 1.807) is 33.9 Å². The molecule has 4 rings (SSSR count). The van der Waals surface area contributed by atoms with Gasteiger partial charge in [0.25, 0.3) is 0 Å². The van der Waals surface area contributed by atoms with Gasteiger partial charge in [-0.25, -0.2) is 9.97 Å². The van der Waals surface area contributed by atoms with E-state index in [1.165, 1.54) is 17.4 Å². The number of carbonyl (C=O) groups excluding carboxylic acids is 1. The molecule has 2 aromatic heterocycles. The first-order chi connectivity index (χ1) is 15.8. The predicted octanol–water partition coefficient (Wildman–Crippen LogP) is 4.42. The number of rotatable bonds is 6.